The van der Waals surface area contributed by atoms with Crippen molar-refractivity contribution >= 4 is 55.9 Å². The predicted octanol–water partition coefficient (Wildman–Crippen LogP) is 16.0. The Kier molecular flexibility index (Phi) is 16.8. The van der Waals surface area contributed by atoms with Gasteiger partial charge in [0.1, 0.15) is 0 Å². The molecule has 59 heavy (non-hydrogen) atoms. The van der Waals surface area contributed by atoms with Gasteiger partial charge in [0.15, 0.2) is 0 Å². The summed E-state index contributed by atoms with van der Waals surface area (Å²) in [6.07, 6.45) is -11.2. The number of carboxylic acids is 1. The van der Waals surface area contributed by atoms with Crippen LogP contribution in [0.4, 0.5) is 39.5 Å². The highest BCUT2D eigenvalue weighted by atomic mass is 79.9. The first-order chi connectivity index (χ1) is 26.8. The van der Waals surface area contributed by atoms with Gasteiger partial charge in [-0.3, -0.25) is 0 Å². The highest BCUT2D eigenvalue weighted by Crippen LogP contribution is 2.36. The van der Waals surface area contributed by atoms with Crippen LogP contribution in [0.5, 0.6) is 0 Å². The average Bonchev–Trinajstić information content (AvgIpc) is 3.69. The van der Waals surface area contributed by atoms with Crippen LogP contribution in [0, 0.1) is 41.5 Å². The van der Waals surface area contributed by atoms with Crippen LogP contribution >= 0.6 is 49.9 Å². The minimum absolute atomic E-state index is 0. The SMILES string of the molecule is C.Cc1cc(Cc2ccc(C(F)(F)F)cc2)c(C)s1.Cc1sc(C)c(C(=O)O)c1Cc1ccc(C(F)(F)F)cc1.Cc1sc(C)c(Cc2ccc(C(F)(F)F)cc2)c1Br. The molecule has 6 rings (SSSR count). The molecule has 1 N–H and O–H groups in total. The fourth-order valence-corrected chi connectivity index (χ4v) is 9.85. The molecule has 0 saturated heterocycles. The largest absolute Gasteiger partial charge is 0.478 e. The maximum atomic E-state index is 12.5. The average molecular weight is 950 g/mol. The number of hydrogen-bond donors (Lipinski definition) is 1. The third-order valence-corrected chi connectivity index (χ3v) is 13.5. The van der Waals surface area contributed by atoms with Crippen molar-refractivity contribution in [1.29, 1.82) is 0 Å². The highest BCUT2D eigenvalue weighted by molar-refractivity contribution is 9.10. The Morgan fingerprint density at radius 2 is 0.881 bits per heavy atom. The van der Waals surface area contributed by atoms with E-state index in [0.717, 1.165) is 62.4 Å². The van der Waals surface area contributed by atoms with Crippen LogP contribution in [0.1, 0.15) is 97.1 Å². The van der Waals surface area contributed by atoms with E-state index in [4.69, 9.17) is 0 Å². The van der Waals surface area contributed by atoms with Crippen molar-refractivity contribution in [3.8, 4) is 0 Å². The molecule has 3 heterocycles. The summed E-state index contributed by atoms with van der Waals surface area (Å²) in [7, 11) is 0. The second-order valence-corrected chi connectivity index (χ2v) is 18.5. The Hall–Kier alpha value is -3.92. The summed E-state index contributed by atoms with van der Waals surface area (Å²) in [5.74, 6) is -1.00. The number of aromatic carboxylic acids is 1. The minimum Gasteiger partial charge on any atom is -0.478 e. The number of aryl methyl sites for hydroxylation is 6. The first kappa shape index (κ1) is 49.4. The molecule has 0 fully saturated rings. The molecule has 0 saturated carbocycles. The topological polar surface area (TPSA) is 37.3 Å². The van der Waals surface area contributed by atoms with Gasteiger partial charge in [-0.2, -0.15) is 39.5 Å². The maximum Gasteiger partial charge on any atom is 0.416 e. The Morgan fingerprint density at radius 1 is 0.525 bits per heavy atom. The van der Waals surface area contributed by atoms with Gasteiger partial charge in [-0.15, -0.1) is 34.0 Å². The van der Waals surface area contributed by atoms with Gasteiger partial charge in [-0.1, -0.05) is 43.8 Å². The maximum absolute atomic E-state index is 12.5. The summed E-state index contributed by atoms with van der Waals surface area (Å²) in [6, 6.07) is 17.7. The molecule has 0 aliphatic carbocycles. The van der Waals surface area contributed by atoms with Crippen molar-refractivity contribution in [3.63, 3.8) is 0 Å². The highest BCUT2D eigenvalue weighted by Gasteiger charge is 2.31. The van der Waals surface area contributed by atoms with E-state index < -0.39 is 41.2 Å². The van der Waals surface area contributed by atoms with Crippen LogP contribution in [0.2, 0.25) is 0 Å². The van der Waals surface area contributed by atoms with Crippen molar-refractivity contribution < 1.29 is 49.4 Å². The Morgan fingerprint density at radius 3 is 1.20 bits per heavy atom. The van der Waals surface area contributed by atoms with E-state index in [1.165, 1.54) is 48.5 Å². The molecule has 0 aliphatic heterocycles. The van der Waals surface area contributed by atoms with Gasteiger partial charge in [0.25, 0.3) is 0 Å². The van der Waals surface area contributed by atoms with Crippen LogP contribution in [0.25, 0.3) is 0 Å². The molecule has 318 valence electrons. The molecule has 3 aromatic carbocycles. The molecular formula is C44H42BrF9O2S3. The summed E-state index contributed by atoms with van der Waals surface area (Å²) in [4.78, 5) is 17.7. The number of hydrogen-bond acceptors (Lipinski definition) is 4. The van der Waals surface area contributed by atoms with Gasteiger partial charge < -0.3 is 5.11 Å². The third-order valence-electron chi connectivity index (χ3n) is 9.05. The van der Waals surface area contributed by atoms with Gasteiger partial charge in [0.2, 0.25) is 0 Å². The normalized spacial score (nSPS) is 11.6. The zero-order chi connectivity index (χ0) is 43.3. The molecule has 0 radical (unpaired) electrons. The Bertz CT molecular complexity index is 2310. The van der Waals surface area contributed by atoms with E-state index in [-0.39, 0.29) is 13.0 Å². The lowest BCUT2D eigenvalue weighted by Gasteiger charge is -2.08. The van der Waals surface area contributed by atoms with E-state index >= 15 is 0 Å². The van der Waals surface area contributed by atoms with Crippen LogP contribution in [-0.2, 0) is 37.8 Å². The summed E-state index contributed by atoms with van der Waals surface area (Å²) < 4.78 is 113. The molecule has 0 bridgehead atoms. The molecular weight excluding hydrogens is 908 g/mol. The second kappa shape index (κ2) is 20.1. The molecule has 3 aromatic heterocycles. The van der Waals surface area contributed by atoms with Crippen molar-refractivity contribution in [2.24, 2.45) is 0 Å². The van der Waals surface area contributed by atoms with E-state index in [0.29, 0.717) is 35.3 Å². The van der Waals surface area contributed by atoms with Crippen molar-refractivity contribution in [2.75, 3.05) is 0 Å². The smallest absolute Gasteiger partial charge is 0.416 e. The number of alkyl halides is 9. The van der Waals surface area contributed by atoms with E-state index in [1.807, 2.05) is 34.6 Å². The lowest BCUT2D eigenvalue weighted by atomic mass is 9.99. The number of carboxylic acid groups (broad SMARTS) is 1. The Labute approximate surface area is 358 Å². The zero-order valence-corrected chi connectivity index (χ0v) is 36.0. The number of carbonyl (C=O) groups is 1. The third kappa shape index (κ3) is 13.5. The van der Waals surface area contributed by atoms with Crippen molar-refractivity contribution in [3.05, 3.63) is 168 Å². The lowest BCUT2D eigenvalue weighted by Crippen LogP contribution is -2.05. The van der Waals surface area contributed by atoms with Crippen LogP contribution in [0.15, 0.2) is 83.3 Å². The van der Waals surface area contributed by atoms with Gasteiger partial charge >= 0.3 is 24.5 Å². The number of thiophene rings is 3. The van der Waals surface area contributed by atoms with Crippen molar-refractivity contribution in [2.45, 2.75) is 86.8 Å². The second-order valence-electron chi connectivity index (χ2n) is 13.4. The summed E-state index contributed by atoms with van der Waals surface area (Å²) in [5, 5.41) is 9.25. The first-order valence-corrected chi connectivity index (χ1v) is 20.7. The fraction of sp³-hybridized carbons (Fsp3) is 0.295. The molecule has 15 heteroatoms. The lowest BCUT2D eigenvalue weighted by molar-refractivity contribution is -0.138. The summed E-state index contributed by atoms with van der Waals surface area (Å²) >= 11 is 8.34. The van der Waals surface area contributed by atoms with E-state index in [9.17, 15) is 49.4 Å². The standard InChI is InChI=1S/C15H13F3O2S.C14H12BrF3S.C14H13F3S.CH4/c1-8-12(13(14(19)20)9(2)21-8)7-10-3-5-11(6-4-10)15(16,17)18;1-8-12(13(15)9(2)19-8)7-10-3-5-11(6-4-10)14(16,17)18;1-9-7-12(10(2)18-9)8-11-3-5-13(6-4-11)14(15,16)17;/h3-6H,7H2,1-2H3,(H,19,20);3-6H,7H2,1-2H3;3-7H,8H2,1-2H3;1H4. The predicted molar refractivity (Wildman–Crippen MR) is 226 cm³/mol. The van der Waals surface area contributed by atoms with Gasteiger partial charge in [-0.25, -0.2) is 4.79 Å². The molecule has 0 amide bonds. The van der Waals surface area contributed by atoms with Gasteiger partial charge in [0.05, 0.1) is 22.3 Å². The fourth-order valence-electron chi connectivity index (χ4n) is 6.05. The first-order valence-electron chi connectivity index (χ1n) is 17.5. The zero-order valence-electron chi connectivity index (χ0n) is 32.0. The summed E-state index contributed by atoms with van der Waals surface area (Å²) in [6.45, 7) is 11.7. The molecule has 6 aromatic rings. The number of rotatable bonds is 7. The van der Waals surface area contributed by atoms with Crippen LogP contribution in [0.3, 0.4) is 0 Å². The molecule has 0 spiro atoms. The van der Waals surface area contributed by atoms with Crippen LogP contribution in [-0.4, -0.2) is 11.1 Å². The molecule has 2 nitrogen and oxygen atoms in total. The molecule has 0 atom stereocenters. The number of benzene rings is 3. The summed E-state index contributed by atoms with van der Waals surface area (Å²) in [5.41, 5.74) is 3.83. The molecule has 0 aliphatic rings. The van der Waals surface area contributed by atoms with Gasteiger partial charge in [0, 0.05) is 33.7 Å². The minimum atomic E-state index is -4.36. The van der Waals surface area contributed by atoms with Crippen LogP contribution < -0.4 is 0 Å². The monoisotopic (exact) mass is 948 g/mol. The van der Waals surface area contributed by atoms with E-state index in [2.05, 4.69) is 22.0 Å². The van der Waals surface area contributed by atoms with Gasteiger partial charge in [-0.05, 0) is 153 Å². The van der Waals surface area contributed by atoms with E-state index in [1.54, 1.807) is 53.9 Å². The van der Waals surface area contributed by atoms with Crippen molar-refractivity contribution in [1.82, 2.24) is 0 Å². The number of halogens is 10. The Balaban J connectivity index is 0.000000235. The molecule has 0 unspecified atom stereocenters. The quantitative estimate of drug-likeness (QED) is 0.162.